The number of fused-ring (bicyclic) bond motifs is 1. The first-order valence-corrected chi connectivity index (χ1v) is 16.3. The van der Waals surface area contributed by atoms with Crippen LogP contribution in [-0.2, 0) is 34.1 Å². The molecule has 0 saturated carbocycles. The van der Waals surface area contributed by atoms with Crippen molar-refractivity contribution in [2.24, 2.45) is 0 Å². The second-order valence-corrected chi connectivity index (χ2v) is 13.9. The molecule has 202 valence electrons. The van der Waals surface area contributed by atoms with E-state index < -0.39 is 39.6 Å². The summed E-state index contributed by atoms with van der Waals surface area (Å²) >= 11 is 1.85. The second-order valence-electron chi connectivity index (χ2n) is 8.31. The maximum Gasteiger partial charge on any atom is 0.334 e. The minimum absolute atomic E-state index is 0.0277. The molecule has 3 aliphatic heterocycles. The Labute approximate surface area is 220 Å². The largest absolute Gasteiger partial charge is 0.355 e. The fourth-order valence-electron chi connectivity index (χ4n) is 3.90. The number of imide groups is 1. The van der Waals surface area contributed by atoms with E-state index in [0.29, 0.717) is 29.7 Å². The molecule has 0 aliphatic carbocycles. The smallest absolute Gasteiger partial charge is 0.334 e. The summed E-state index contributed by atoms with van der Waals surface area (Å²) < 4.78 is 31.1. The quantitative estimate of drug-likeness (QED) is 0.0708. The van der Waals surface area contributed by atoms with Gasteiger partial charge in [0, 0.05) is 35.5 Å². The van der Waals surface area contributed by atoms with E-state index in [-0.39, 0.29) is 35.5 Å². The van der Waals surface area contributed by atoms with Crippen molar-refractivity contribution in [2.75, 3.05) is 23.8 Å². The maximum absolute atomic E-state index is 12.0. The first kappa shape index (κ1) is 28.9. The molecule has 0 spiro atoms. The number of rotatable bonds is 14. The summed E-state index contributed by atoms with van der Waals surface area (Å²) in [6, 6.07) is 0.281. The average Bonchev–Trinajstić information content (AvgIpc) is 3.44. The molecule has 36 heavy (non-hydrogen) atoms. The number of nitrogens with one attached hydrogen (secondary N) is 3. The lowest BCUT2D eigenvalue weighted by Gasteiger charge is -2.16. The molecule has 3 fully saturated rings. The number of carbonyl (C=O) groups excluding carboxylic acids is 5. The first-order chi connectivity index (χ1) is 17.1. The minimum atomic E-state index is -4.76. The molecule has 17 heteroatoms. The lowest BCUT2D eigenvalue weighted by molar-refractivity contribution is -0.197. The molecule has 0 aromatic carbocycles. The molecule has 0 aromatic heterocycles. The fraction of sp³-hybridized carbons (Fsp3) is 0.737. The molecule has 4 atom stereocenters. The van der Waals surface area contributed by atoms with Gasteiger partial charge in [0.15, 0.2) is 5.25 Å². The van der Waals surface area contributed by atoms with Crippen LogP contribution >= 0.6 is 33.3 Å². The summed E-state index contributed by atoms with van der Waals surface area (Å²) in [5, 5.41) is 7.22. The Balaban J connectivity index is 1.16. The first-order valence-electron chi connectivity index (χ1n) is 11.3. The van der Waals surface area contributed by atoms with Gasteiger partial charge in [-0.2, -0.15) is 20.2 Å². The van der Waals surface area contributed by atoms with Crippen LogP contribution < -0.4 is 16.0 Å². The van der Waals surface area contributed by atoms with Crippen molar-refractivity contribution in [2.45, 2.75) is 61.1 Å². The number of hydrogen-bond donors (Lipinski definition) is 4. The molecule has 0 bridgehead atoms. The number of amides is 5. The third kappa shape index (κ3) is 8.16. The van der Waals surface area contributed by atoms with Crippen LogP contribution in [0.1, 0.15) is 38.5 Å². The number of nitrogens with zero attached hydrogens (tertiary/aromatic N) is 1. The molecule has 3 aliphatic rings. The van der Waals surface area contributed by atoms with Crippen LogP contribution in [0.3, 0.4) is 0 Å². The molecular weight excluding hydrogens is 556 g/mol. The summed E-state index contributed by atoms with van der Waals surface area (Å²) in [4.78, 5) is 63.3. The van der Waals surface area contributed by atoms with E-state index in [1.54, 1.807) is 0 Å². The molecule has 3 saturated heterocycles. The molecule has 0 aromatic rings. The number of unbranched alkanes of at least 4 members (excludes halogenated alkanes) is 1. The van der Waals surface area contributed by atoms with Crippen molar-refractivity contribution >= 4 is 73.2 Å². The van der Waals surface area contributed by atoms with Gasteiger partial charge < -0.3 is 20.8 Å². The Morgan fingerprint density at radius 2 is 1.89 bits per heavy atom. The minimum Gasteiger partial charge on any atom is -0.355 e. The van der Waals surface area contributed by atoms with Crippen molar-refractivity contribution < 1.29 is 41.8 Å². The average molecular weight is 585 g/mol. The molecule has 3 rings (SSSR count). The Hall–Kier alpha value is -1.69. The maximum atomic E-state index is 12.0. The highest BCUT2D eigenvalue weighted by Crippen LogP contribution is 2.33. The summed E-state index contributed by atoms with van der Waals surface area (Å²) in [7, 11) is -1.99. The Bertz CT molecular complexity index is 980. The van der Waals surface area contributed by atoms with Crippen LogP contribution in [0.15, 0.2) is 0 Å². The normalized spacial score (nSPS) is 25.5. The number of carbonyl (C=O) groups is 5. The SMILES string of the molecule is O=C(CCCC[C@@H]1SC[C@@H]2NC(=O)N[C@@H]21)NCCSSCCC(=O)ON1C(=O)C[C@@H](S(=O)(=O)O)C1=O. The van der Waals surface area contributed by atoms with Gasteiger partial charge >= 0.3 is 12.0 Å². The predicted molar refractivity (Wildman–Crippen MR) is 134 cm³/mol. The Kier molecular flexibility index (Phi) is 10.6. The number of hydroxylamine groups is 2. The van der Waals surface area contributed by atoms with Gasteiger partial charge in [-0.25, -0.2) is 9.59 Å². The second kappa shape index (κ2) is 13.2. The van der Waals surface area contributed by atoms with Gasteiger partial charge in [-0.3, -0.25) is 18.9 Å². The van der Waals surface area contributed by atoms with Gasteiger partial charge in [0.05, 0.1) is 24.9 Å². The van der Waals surface area contributed by atoms with Gasteiger partial charge in [0.1, 0.15) is 0 Å². The summed E-state index contributed by atoms with van der Waals surface area (Å²) in [6.45, 7) is 0.467. The molecule has 3 heterocycles. The number of urea groups is 1. The van der Waals surface area contributed by atoms with Gasteiger partial charge in [-0.05, 0) is 12.8 Å². The summed E-state index contributed by atoms with van der Waals surface area (Å²) in [6.07, 6.45) is 2.18. The Morgan fingerprint density at radius 1 is 1.14 bits per heavy atom. The monoisotopic (exact) mass is 584 g/mol. The Morgan fingerprint density at radius 3 is 2.61 bits per heavy atom. The summed E-state index contributed by atoms with van der Waals surface area (Å²) in [5.74, 6) is -1.38. The zero-order valence-electron chi connectivity index (χ0n) is 19.2. The van der Waals surface area contributed by atoms with Crippen molar-refractivity contribution in [3.05, 3.63) is 0 Å². The van der Waals surface area contributed by atoms with Gasteiger partial charge in [-0.15, -0.1) is 5.06 Å². The zero-order valence-corrected chi connectivity index (χ0v) is 22.4. The standard InChI is InChI=1S/C19H28N4O9S4/c24-14(4-2-1-3-12-17-11(10-33-12)21-19(28)22-17)20-6-8-35-34-7-5-16(26)32-23-15(25)9-13(18(23)27)36(29,30)31/h11-13,17H,1-10H2,(H,20,24)(H2,21,22,28)(H,29,30,31)/t11-,12-,13+,17-/m0/s1. The molecule has 0 unspecified atom stereocenters. The van der Waals surface area contributed by atoms with E-state index in [1.165, 1.54) is 21.6 Å². The highest BCUT2D eigenvalue weighted by atomic mass is 33.1. The predicted octanol–water partition coefficient (Wildman–Crippen LogP) is 0.0734. The topological polar surface area (TPSA) is 188 Å². The van der Waals surface area contributed by atoms with Crippen LogP contribution in [0, 0.1) is 0 Å². The van der Waals surface area contributed by atoms with Gasteiger partial charge in [0.25, 0.3) is 21.9 Å². The highest BCUT2D eigenvalue weighted by molar-refractivity contribution is 8.76. The van der Waals surface area contributed by atoms with Crippen LogP contribution in [0.4, 0.5) is 4.79 Å². The molecule has 0 radical (unpaired) electrons. The van der Waals surface area contributed by atoms with E-state index in [4.69, 9.17) is 4.55 Å². The van der Waals surface area contributed by atoms with Crippen molar-refractivity contribution in [3.8, 4) is 0 Å². The molecule has 4 N–H and O–H groups in total. The van der Waals surface area contributed by atoms with Crippen LogP contribution in [0.25, 0.3) is 0 Å². The van der Waals surface area contributed by atoms with Gasteiger partial charge in [0.2, 0.25) is 5.91 Å². The van der Waals surface area contributed by atoms with E-state index in [2.05, 4.69) is 20.8 Å². The van der Waals surface area contributed by atoms with E-state index in [1.807, 2.05) is 11.8 Å². The van der Waals surface area contributed by atoms with Crippen molar-refractivity contribution in [1.82, 2.24) is 21.0 Å². The molecular formula is C19H28N4O9S4. The van der Waals surface area contributed by atoms with Crippen molar-refractivity contribution in [1.29, 1.82) is 0 Å². The molecule has 13 nitrogen and oxygen atoms in total. The van der Waals surface area contributed by atoms with Gasteiger partial charge in [-0.1, -0.05) is 28.0 Å². The van der Waals surface area contributed by atoms with E-state index in [9.17, 15) is 32.4 Å². The van der Waals surface area contributed by atoms with Crippen molar-refractivity contribution in [3.63, 3.8) is 0 Å². The summed E-state index contributed by atoms with van der Waals surface area (Å²) in [5.41, 5.74) is 0. The molecule has 5 amide bonds. The lowest BCUT2D eigenvalue weighted by atomic mass is 10.0. The zero-order chi connectivity index (χ0) is 26.3. The van der Waals surface area contributed by atoms with Crippen LogP contribution in [-0.4, -0.2) is 94.1 Å². The van der Waals surface area contributed by atoms with E-state index in [0.717, 1.165) is 25.0 Å². The van der Waals surface area contributed by atoms with E-state index >= 15 is 0 Å². The highest BCUT2D eigenvalue weighted by Gasteiger charge is 2.48. The fourth-order valence-corrected chi connectivity index (χ4v) is 8.02. The number of hydrogen-bond acceptors (Lipinski definition) is 11. The number of thioether (sulfide) groups is 1. The van der Waals surface area contributed by atoms with Crippen LogP contribution in [0.2, 0.25) is 0 Å². The van der Waals surface area contributed by atoms with Crippen LogP contribution in [0.5, 0.6) is 0 Å². The third-order valence-corrected chi connectivity index (χ3v) is 10.7. The third-order valence-electron chi connectivity index (χ3n) is 5.68. The lowest BCUT2D eigenvalue weighted by Crippen LogP contribution is -2.36.